The zero-order valence-corrected chi connectivity index (χ0v) is 11.4. The van der Waals surface area contributed by atoms with Gasteiger partial charge in [-0.2, -0.15) is 0 Å². The van der Waals surface area contributed by atoms with E-state index < -0.39 is 5.79 Å². The predicted molar refractivity (Wildman–Crippen MR) is 56.6 cm³/mol. The molecule has 1 aliphatic rings. The Morgan fingerprint density at radius 1 is 1.57 bits per heavy atom. The molecule has 3 atom stereocenters. The number of ether oxygens (including phenoxy) is 4. The minimum Gasteiger partial charge on any atom is -0.376 e. The van der Waals surface area contributed by atoms with Crippen molar-refractivity contribution in [3.63, 3.8) is 0 Å². The van der Waals surface area contributed by atoms with Gasteiger partial charge >= 0.3 is 0 Å². The fourth-order valence-corrected chi connectivity index (χ4v) is 2.52. The van der Waals surface area contributed by atoms with E-state index >= 15 is 0 Å². The van der Waals surface area contributed by atoms with Crippen molar-refractivity contribution in [3.8, 4) is 0 Å². The summed E-state index contributed by atoms with van der Waals surface area (Å²) in [7, 11) is 4.36. The van der Waals surface area contributed by atoms with Gasteiger partial charge in [-0.05, 0) is 13.0 Å². The van der Waals surface area contributed by atoms with Gasteiger partial charge in [-0.3, -0.25) is 0 Å². The molecule has 1 heterocycles. The summed E-state index contributed by atoms with van der Waals surface area (Å²) in [6.07, 6.45) is 0.213. The highest BCUT2D eigenvalue weighted by atomic mass is 28.1. The lowest BCUT2D eigenvalue weighted by molar-refractivity contribution is -0.261. The number of methoxy groups -OCH3 is 2. The normalized spacial score (nSPS) is 27.2. The van der Waals surface area contributed by atoms with E-state index in [1.807, 2.05) is 6.92 Å². The highest BCUT2D eigenvalue weighted by Crippen LogP contribution is 2.25. The van der Waals surface area contributed by atoms with E-state index in [2.05, 4.69) is 0 Å². The molecular weight excluding hydrogens is 200 g/mol. The average molecular weight is 220 g/mol. The maximum absolute atomic E-state index is 5.77. The summed E-state index contributed by atoms with van der Waals surface area (Å²) in [6, 6.07) is 0.894. The van der Waals surface area contributed by atoms with E-state index in [9.17, 15) is 0 Å². The second-order valence-corrected chi connectivity index (χ2v) is 4.22. The third-order valence-electron chi connectivity index (χ3n) is 2.73. The summed E-state index contributed by atoms with van der Waals surface area (Å²) in [6.45, 7) is 3.38. The highest BCUT2D eigenvalue weighted by molar-refractivity contribution is 6.09. The Morgan fingerprint density at radius 3 is 2.57 bits per heavy atom. The van der Waals surface area contributed by atoms with Crippen LogP contribution in [0.25, 0.3) is 0 Å². The van der Waals surface area contributed by atoms with E-state index in [-0.39, 0.29) is 12.2 Å². The van der Waals surface area contributed by atoms with Crippen LogP contribution in [-0.4, -0.2) is 55.7 Å². The van der Waals surface area contributed by atoms with Crippen LogP contribution in [0.5, 0.6) is 0 Å². The first-order valence-corrected chi connectivity index (χ1v) is 6.43. The molecule has 0 radical (unpaired) electrons. The van der Waals surface area contributed by atoms with Crippen molar-refractivity contribution in [2.75, 3.05) is 27.4 Å². The maximum atomic E-state index is 5.77. The number of hydrogen-bond acceptors (Lipinski definition) is 4. The number of rotatable bonds is 7. The lowest BCUT2D eigenvalue weighted by atomic mass is 10.2. The fourth-order valence-electron chi connectivity index (χ4n) is 1.45. The van der Waals surface area contributed by atoms with E-state index in [1.54, 1.807) is 14.2 Å². The van der Waals surface area contributed by atoms with E-state index in [0.717, 1.165) is 22.9 Å². The first kappa shape index (κ1) is 12.1. The standard InChI is InChI=1S/C9H20O4Si/c1-7(10-2)9(6-14,11-3)13-5-8-4-12-8/h7-8H,4-6H2,1-3,14H3. The van der Waals surface area contributed by atoms with Gasteiger partial charge in [0.25, 0.3) is 0 Å². The summed E-state index contributed by atoms with van der Waals surface area (Å²) in [5.74, 6) is -0.576. The second-order valence-electron chi connectivity index (χ2n) is 3.51. The molecule has 1 aliphatic heterocycles. The minimum atomic E-state index is -0.576. The Morgan fingerprint density at radius 2 is 2.21 bits per heavy atom. The van der Waals surface area contributed by atoms with Gasteiger partial charge in [-0.25, -0.2) is 0 Å². The van der Waals surface area contributed by atoms with Crippen LogP contribution in [0.2, 0.25) is 6.04 Å². The molecule has 0 aromatic carbocycles. The van der Waals surface area contributed by atoms with Gasteiger partial charge in [0.15, 0.2) is 5.79 Å². The Balaban J connectivity index is 2.47. The summed E-state index contributed by atoms with van der Waals surface area (Å²) in [5, 5.41) is 0. The molecule has 0 amide bonds. The van der Waals surface area contributed by atoms with Gasteiger partial charge in [0.05, 0.1) is 13.2 Å². The molecule has 0 aromatic rings. The molecule has 1 rings (SSSR count). The molecule has 14 heavy (non-hydrogen) atoms. The van der Waals surface area contributed by atoms with Crippen LogP contribution < -0.4 is 0 Å². The van der Waals surface area contributed by atoms with Gasteiger partial charge in [0.1, 0.15) is 12.2 Å². The molecule has 4 nitrogen and oxygen atoms in total. The van der Waals surface area contributed by atoms with Crippen LogP contribution in [0.3, 0.4) is 0 Å². The first-order chi connectivity index (χ1) is 6.68. The zero-order chi connectivity index (χ0) is 10.6. The topological polar surface area (TPSA) is 40.2 Å². The van der Waals surface area contributed by atoms with Crippen molar-refractivity contribution in [1.29, 1.82) is 0 Å². The van der Waals surface area contributed by atoms with Crippen LogP contribution in [0.4, 0.5) is 0 Å². The van der Waals surface area contributed by atoms with Crippen molar-refractivity contribution in [2.24, 2.45) is 0 Å². The van der Waals surface area contributed by atoms with Crippen LogP contribution in [0.1, 0.15) is 6.92 Å². The quantitative estimate of drug-likeness (QED) is 0.331. The number of epoxide rings is 1. The second kappa shape index (κ2) is 5.23. The van der Waals surface area contributed by atoms with E-state index in [4.69, 9.17) is 18.9 Å². The lowest BCUT2D eigenvalue weighted by Crippen LogP contribution is -2.46. The van der Waals surface area contributed by atoms with Crippen molar-refractivity contribution in [3.05, 3.63) is 0 Å². The Hall–Kier alpha value is 0.0569. The molecule has 0 N–H and O–H groups in total. The smallest absolute Gasteiger partial charge is 0.190 e. The number of hydrogen-bond donors (Lipinski definition) is 0. The van der Waals surface area contributed by atoms with Gasteiger partial charge in [0.2, 0.25) is 0 Å². The molecule has 1 fully saturated rings. The Labute approximate surface area is 88.3 Å². The van der Waals surface area contributed by atoms with Gasteiger partial charge in [-0.15, -0.1) is 0 Å². The van der Waals surface area contributed by atoms with Gasteiger partial charge in [-0.1, -0.05) is 0 Å². The SMILES string of the molecule is COC(C)C(C[SiH3])(OC)OCC1CO1. The molecule has 0 aliphatic carbocycles. The lowest BCUT2D eigenvalue weighted by Gasteiger charge is -2.35. The molecule has 1 saturated heterocycles. The summed E-state index contributed by atoms with van der Waals surface area (Å²) >= 11 is 0. The largest absolute Gasteiger partial charge is 0.376 e. The molecule has 5 heteroatoms. The molecule has 0 spiro atoms. The fraction of sp³-hybridized carbons (Fsp3) is 1.00. The molecule has 0 bridgehead atoms. The van der Waals surface area contributed by atoms with Gasteiger partial charge in [0, 0.05) is 24.5 Å². The molecule has 0 aromatic heterocycles. The Bertz CT molecular complexity index is 168. The molecule has 84 valence electrons. The maximum Gasteiger partial charge on any atom is 0.190 e. The van der Waals surface area contributed by atoms with Crippen LogP contribution in [-0.2, 0) is 18.9 Å². The molecule has 3 unspecified atom stereocenters. The summed E-state index contributed by atoms with van der Waals surface area (Å²) in [4.78, 5) is 0. The van der Waals surface area contributed by atoms with E-state index in [1.165, 1.54) is 0 Å². The van der Waals surface area contributed by atoms with Gasteiger partial charge < -0.3 is 18.9 Å². The van der Waals surface area contributed by atoms with Crippen molar-refractivity contribution in [2.45, 2.75) is 31.0 Å². The highest BCUT2D eigenvalue weighted by Gasteiger charge is 2.38. The monoisotopic (exact) mass is 220 g/mol. The van der Waals surface area contributed by atoms with Crippen molar-refractivity contribution >= 4 is 10.2 Å². The summed E-state index contributed by atoms with van der Waals surface area (Å²) < 4.78 is 21.6. The third kappa shape index (κ3) is 2.77. The van der Waals surface area contributed by atoms with Crippen LogP contribution in [0.15, 0.2) is 0 Å². The average Bonchev–Trinajstić information content (AvgIpc) is 3.03. The van der Waals surface area contributed by atoms with Crippen LogP contribution in [0, 0.1) is 0 Å². The molecular formula is C9H20O4Si. The van der Waals surface area contributed by atoms with Crippen molar-refractivity contribution in [1.82, 2.24) is 0 Å². The van der Waals surface area contributed by atoms with Crippen LogP contribution >= 0.6 is 0 Å². The van der Waals surface area contributed by atoms with Crippen molar-refractivity contribution < 1.29 is 18.9 Å². The first-order valence-electron chi connectivity index (χ1n) is 5.02. The van der Waals surface area contributed by atoms with E-state index in [0.29, 0.717) is 6.61 Å². The zero-order valence-electron chi connectivity index (χ0n) is 9.41. The molecule has 0 saturated carbocycles. The Kier molecular flexibility index (Phi) is 4.53. The third-order valence-corrected chi connectivity index (χ3v) is 3.71. The minimum absolute atomic E-state index is 0.0521. The predicted octanol–water partition coefficient (Wildman–Crippen LogP) is -0.437. The summed E-state index contributed by atoms with van der Waals surface area (Å²) in [5.41, 5.74) is 0.